The van der Waals surface area contributed by atoms with Crippen LogP contribution in [0.2, 0.25) is 0 Å². The van der Waals surface area contributed by atoms with E-state index < -0.39 is 0 Å². The van der Waals surface area contributed by atoms with Crippen LogP contribution in [0.5, 0.6) is 5.75 Å². The van der Waals surface area contributed by atoms with Crippen LogP contribution in [0, 0.1) is 5.82 Å². The Morgan fingerprint density at radius 2 is 1.82 bits per heavy atom. The van der Waals surface area contributed by atoms with Crippen LogP contribution in [0.25, 0.3) is 0 Å². The topological polar surface area (TPSA) is 54.4 Å². The summed E-state index contributed by atoms with van der Waals surface area (Å²) >= 11 is 0. The van der Waals surface area contributed by atoms with Gasteiger partial charge in [-0.05, 0) is 11.6 Å². The van der Waals surface area contributed by atoms with Crippen LogP contribution < -0.4 is 9.64 Å². The summed E-state index contributed by atoms with van der Waals surface area (Å²) in [7, 11) is 1.60. The standard InChI is InChI=1S/C15H18FN5O/c1-22-14-9-18-15(19-10-14)21-4-2-20(3-5-21)11-12-6-13(16)8-17-7-12/h6-10H,2-5,11H2,1H3. The Labute approximate surface area is 128 Å². The first-order valence-electron chi connectivity index (χ1n) is 7.17. The molecule has 0 amide bonds. The summed E-state index contributed by atoms with van der Waals surface area (Å²) in [6, 6.07) is 1.53. The number of piperazine rings is 1. The van der Waals surface area contributed by atoms with Crippen molar-refractivity contribution in [2.45, 2.75) is 6.54 Å². The van der Waals surface area contributed by atoms with Crippen molar-refractivity contribution in [1.29, 1.82) is 0 Å². The number of aromatic nitrogens is 3. The molecule has 0 aromatic carbocycles. The molecule has 3 heterocycles. The summed E-state index contributed by atoms with van der Waals surface area (Å²) in [5, 5.41) is 0. The molecule has 116 valence electrons. The van der Waals surface area contributed by atoms with Crippen LogP contribution in [0.1, 0.15) is 5.56 Å². The predicted molar refractivity (Wildman–Crippen MR) is 80.3 cm³/mol. The molecule has 2 aromatic heterocycles. The first-order chi connectivity index (χ1) is 10.7. The Kier molecular flexibility index (Phi) is 4.43. The highest BCUT2D eigenvalue weighted by atomic mass is 19.1. The Hall–Kier alpha value is -2.28. The van der Waals surface area contributed by atoms with Gasteiger partial charge in [0.25, 0.3) is 0 Å². The molecule has 1 aliphatic heterocycles. The molecule has 7 heteroatoms. The largest absolute Gasteiger partial charge is 0.494 e. The number of nitrogens with zero attached hydrogens (tertiary/aromatic N) is 5. The molecule has 0 radical (unpaired) electrons. The minimum absolute atomic E-state index is 0.289. The lowest BCUT2D eigenvalue weighted by molar-refractivity contribution is 0.248. The third kappa shape index (κ3) is 3.48. The van der Waals surface area contributed by atoms with Crippen molar-refractivity contribution < 1.29 is 9.13 Å². The van der Waals surface area contributed by atoms with Gasteiger partial charge in [-0.25, -0.2) is 14.4 Å². The number of halogens is 1. The van der Waals surface area contributed by atoms with Crippen LogP contribution in [0.3, 0.4) is 0 Å². The van der Waals surface area contributed by atoms with Gasteiger partial charge in [-0.3, -0.25) is 9.88 Å². The summed E-state index contributed by atoms with van der Waals surface area (Å²) < 4.78 is 18.2. The molecule has 22 heavy (non-hydrogen) atoms. The van der Waals surface area contributed by atoms with Gasteiger partial charge in [-0.15, -0.1) is 0 Å². The summed E-state index contributed by atoms with van der Waals surface area (Å²) in [5.41, 5.74) is 0.897. The maximum atomic E-state index is 13.2. The normalized spacial score (nSPS) is 15.8. The molecule has 0 N–H and O–H groups in total. The van der Waals surface area contributed by atoms with Gasteiger partial charge in [-0.2, -0.15) is 0 Å². The zero-order valence-corrected chi connectivity index (χ0v) is 12.4. The van der Waals surface area contributed by atoms with E-state index >= 15 is 0 Å². The smallest absolute Gasteiger partial charge is 0.225 e. The third-order valence-electron chi connectivity index (χ3n) is 3.67. The first kappa shape index (κ1) is 14.6. The minimum atomic E-state index is -0.289. The molecular weight excluding hydrogens is 285 g/mol. The van der Waals surface area contributed by atoms with E-state index in [9.17, 15) is 4.39 Å². The summed E-state index contributed by atoms with van der Waals surface area (Å²) in [6.45, 7) is 4.16. The number of hydrogen-bond donors (Lipinski definition) is 0. The lowest BCUT2D eigenvalue weighted by Gasteiger charge is -2.34. The van der Waals surface area contributed by atoms with Crippen molar-refractivity contribution in [3.05, 3.63) is 42.2 Å². The van der Waals surface area contributed by atoms with Gasteiger partial charge in [-0.1, -0.05) is 0 Å². The molecule has 1 fully saturated rings. The van der Waals surface area contributed by atoms with E-state index in [4.69, 9.17) is 4.74 Å². The average molecular weight is 303 g/mol. The number of methoxy groups -OCH3 is 1. The molecule has 0 unspecified atom stereocenters. The minimum Gasteiger partial charge on any atom is -0.494 e. The van der Waals surface area contributed by atoms with E-state index in [0.717, 1.165) is 31.7 Å². The van der Waals surface area contributed by atoms with Crippen molar-refractivity contribution >= 4 is 5.95 Å². The van der Waals surface area contributed by atoms with Crippen molar-refractivity contribution in [3.63, 3.8) is 0 Å². The SMILES string of the molecule is COc1cnc(N2CCN(Cc3cncc(F)c3)CC2)nc1. The molecule has 0 saturated carbocycles. The highest BCUT2D eigenvalue weighted by Crippen LogP contribution is 2.15. The van der Waals surface area contributed by atoms with E-state index in [2.05, 4.69) is 24.8 Å². The number of anilines is 1. The summed E-state index contributed by atoms with van der Waals surface area (Å²) in [5.74, 6) is 1.08. The zero-order valence-electron chi connectivity index (χ0n) is 12.4. The molecule has 1 aliphatic rings. The van der Waals surface area contributed by atoms with Crippen molar-refractivity contribution in [1.82, 2.24) is 19.9 Å². The van der Waals surface area contributed by atoms with Gasteiger partial charge >= 0.3 is 0 Å². The van der Waals surface area contributed by atoms with Gasteiger partial charge in [0.2, 0.25) is 5.95 Å². The molecule has 0 bridgehead atoms. The Morgan fingerprint density at radius 1 is 1.09 bits per heavy atom. The lowest BCUT2D eigenvalue weighted by atomic mass is 10.2. The van der Waals surface area contributed by atoms with Crippen LogP contribution in [0.15, 0.2) is 30.9 Å². The van der Waals surface area contributed by atoms with E-state index in [-0.39, 0.29) is 5.82 Å². The van der Waals surface area contributed by atoms with E-state index in [1.54, 1.807) is 25.7 Å². The summed E-state index contributed by atoms with van der Waals surface area (Å²) in [6.07, 6.45) is 6.28. The fourth-order valence-electron chi connectivity index (χ4n) is 2.48. The van der Waals surface area contributed by atoms with Gasteiger partial charge in [0, 0.05) is 38.9 Å². The molecule has 3 rings (SSSR count). The Balaban J connectivity index is 1.55. The molecule has 0 aliphatic carbocycles. The fourth-order valence-corrected chi connectivity index (χ4v) is 2.48. The average Bonchev–Trinajstić information content (AvgIpc) is 2.56. The number of hydrogen-bond acceptors (Lipinski definition) is 6. The maximum absolute atomic E-state index is 13.2. The second-order valence-corrected chi connectivity index (χ2v) is 5.20. The number of pyridine rings is 1. The Bertz CT molecular complexity index is 614. The number of rotatable bonds is 4. The molecule has 0 atom stereocenters. The lowest BCUT2D eigenvalue weighted by Crippen LogP contribution is -2.46. The molecular formula is C15H18FN5O. The Morgan fingerprint density at radius 3 is 2.45 bits per heavy atom. The van der Waals surface area contributed by atoms with Crippen LogP contribution in [-0.4, -0.2) is 53.1 Å². The van der Waals surface area contributed by atoms with Crippen molar-refractivity contribution in [2.75, 3.05) is 38.2 Å². The van der Waals surface area contributed by atoms with Gasteiger partial charge in [0.05, 0.1) is 25.7 Å². The van der Waals surface area contributed by atoms with Crippen molar-refractivity contribution in [2.24, 2.45) is 0 Å². The van der Waals surface area contributed by atoms with Gasteiger partial charge in [0.1, 0.15) is 5.82 Å². The molecule has 1 saturated heterocycles. The highest BCUT2D eigenvalue weighted by molar-refractivity contribution is 5.32. The van der Waals surface area contributed by atoms with Gasteiger partial charge < -0.3 is 9.64 Å². The van der Waals surface area contributed by atoms with E-state index in [1.807, 2.05) is 0 Å². The molecule has 2 aromatic rings. The highest BCUT2D eigenvalue weighted by Gasteiger charge is 2.19. The monoisotopic (exact) mass is 303 g/mol. The third-order valence-corrected chi connectivity index (χ3v) is 3.67. The second-order valence-electron chi connectivity index (χ2n) is 5.20. The quantitative estimate of drug-likeness (QED) is 0.849. The summed E-state index contributed by atoms with van der Waals surface area (Å²) in [4.78, 5) is 16.9. The van der Waals surface area contributed by atoms with Crippen LogP contribution in [0.4, 0.5) is 10.3 Å². The number of ether oxygens (including phenoxy) is 1. The molecule has 0 spiro atoms. The second kappa shape index (κ2) is 6.65. The van der Waals surface area contributed by atoms with Gasteiger partial charge in [0.15, 0.2) is 5.75 Å². The first-order valence-corrected chi connectivity index (χ1v) is 7.17. The maximum Gasteiger partial charge on any atom is 0.225 e. The fraction of sp³-hybridized carbons (Fsp3) is 0.400. The van der Waals surface area contributed by atoms with Crippen LogP contribution in [-0.2, 0) is 6.54 Å². The van der Waals surface area contributed by atoms with Crippen molar-refractivity contribution in [3.8, 4) is 5.75 Å². The molecule has 6 nitrogen and oxygen atoms in total. The predicted octanol–water partition coefficient (Wildman–Crippen LogP) is 1.34. The van der Waals surface area contributed by atoms with E-state index in [0.29, 0.717) is 18.2 Å². The van der Waals surface area contributed by atoms with Crippen LogP contribution >= 0.6 is 0 Å². The van der Waals surface area contributed by atoms with E-state index in [1.165, 1.54) is 12.3 Å². The zero-order chi connectivity index (χ0) is 15.4.